The van der Waals surface area contributed by atoms with Crippen molar-refractivity contribution in [3.8, 4) is 0 Å². The van der Waals surface area contributed by atoms with Crippen LogP contribution in [0.1, 0.15) is 39.5 Å². The number of anilines is 2. The zero-order chi connectivity index (χ0) is 17.1. The highest BCUT2D eigenvalue weighted by molar-refractivity contribution is 5.70. The topological polar surface area (TPSA) is 50.5 Å². The fourth-order valence-corrected chi connectivity index (χ4v) is 3.94. The highest BCUT2D eigenvalue weighted by Crippen LogP contribution is 2.31. The Hall–Kier alpha value is -1.33. The van der Waals surface area contributed by atoms with E-state index in [1.165, 1.54) is 18.9 Å². The van der Waals surface area contributed by atoms with Crippen molar-refractivity contribution in [2.45, 2.75) is 57.8 Å². The number of hydrogen-bond donors (Lipinski definition) is 2. The van der Waals surface area contributed by atoms with E-state index in [1.807, 2.05) is 6.07 Å². The molecule has 1 aliphatic heterocycles. The molecule has 0 bridgehead atoms. The molecule has 4 nitrogen and oxygen atoms in total. The SMILES string of the molecule is C[C@@H]1CN(c2cc(F)ccc2NCC2CCC(N)CC2)C[C@H](C)O1. The third kappa shape index (κ3) is 4.39. The first kappa shape index (κ1) is 17.5. The van der Waals surface area contributed by atoms with Gasteiger partial charge in [-0.1, -0.05) is 0 Å². The van der Waals surface area contributed by atoms with Crippen molar-refractivity contribution in [1.82, 2.24) is 0 Å². The normalized spacial score (nSPS) is 31.1. The molecule has 1 heterocycles. The van der Waals surface area contributed by atoms with E-state index in [1.54, 1.807) is 6.07 Å². The maximum Gasteiger partial charge on any atom is 0.125 e. The van der Waals surface area contributed by atoms with Crippen molar-refractivity contribution in [2.24, 2.45) is 11.7 Å². The van der Waals surface area contributed by atoms with E-state index in [4.69, 9.17) is 10.5 Å². The molecule has 5 heteroatoms. The number of nitrogens with one attached hydrogen (secondary N) is 1. The standard InChI is InChI=1S/C19H30FN3O/c1-13-11-23(12-14(2)24-13)19-9-16(20)5-8-18(19)22-10-15-3-6-17(21)7-4-15/h5,8-9,13-15,17,22H,3-4,6-7,10-12,21H2,1-2H3/t13-,14+,15?,17?. The molecule has 134 valence electrons. The number of rotatable bonds is 4. The van der Waals surface area contributed by atoms with E-state index >= 15 is 0 Å². The van der Waals surface area contributed by atoms with Gasteiger partial charge in [-0.15, -0.1) is 0 Å². The van der Waals surface area contributed by atoms with Crippen molar-refractivity contribution in [2.75, 3.05) is 29.9 Å². The summed E-state index contributed by atoms with van der Waals surface area (Å²) >= 11 is 0. The van der Waals surface area contributed by atoms with E-state index in [0.717, 1.165) is 43.9 Å². The minimum absolute atomic E-state index is 0.157. The number of ether oxygens (including phenoxy) is 1. The lowest BCUT2D eigenvalue weighted by Gasteiger charge is -2.38. The molecule has 1 saturated carbocycles. The average molecular weight is 335 g/mol. The van der Waals surface area contributed by atoms with Crippen LogP contribution in [0.3, 0.4) is 0 Å². The maximum absolute atomic E-state index is 13.8. The molecule has 0 amide bonds. The number of morpholine rings is 1. The van der Waals surface area contributed by atoms with Gasteiger partial charge in [0, 0.05) is 25.7 Å². The van der Waals surface area contributed by atoms with Gasteiger partial charge in [0.1, 0.15) is 5.82 Å². The third-order valence-corrected chi connectivity index (χ3v) is 5.19. The van der Waals surface area contributed by atoms with E-state index in [-0.39, 0.29) is 18.0 Å². The highest BCUT2D eigenvalue weighted by Gasteiger charge is 2.25. The van der Waals surface area contributed by atoms with E-state index in [9.17, 15) is 4.39 Å². The van der Waals surface area contributed by atoms with Gasteiger partial charge in [0.2, 0.25) is 0 Å². The van der Waals surface area contributed by atoms with Crippen LogP contribution in [-0.2, 0) is 4.74 Å². The summed E-state index contributed by atoms with van der Waals surface area (Å²) < 4.78 is 19.6. The van der Waals surface area contributed by atoms with Crippen molar-refractivity contribution in [1.29, 1.82) is 0 Å². The van der Waals surface area contributed by atoms with Gasteiger partial charge in [0.15, 0.2) is 0 Å². The average Bonchev–Trinajstić information content (AvgIpc) is 2.54. The molecule has 2 fully saturated rings. The molecule has 0 radical (unpaired) electrons. The molecule has 24 heavy (non-hydrogen) atoms. The molecule has 1 aromatic rings. The van der Waals surface area contributed by atoms with Gasteiger partial charge in [-0.05, 0) is 63.6 Å². The first-order valence-electron chi connectivity index (χ1n) is 9.20. The summed E-state index contributed by atoms with van der Waals surface area (Å²) in [5, 5.41) is 3.56. The summed E-state index contributed by atoms with van der Waals surface area (Å²) in [7, 11) is 0. The Balaban J connectivity index is 1.69. The van der Waals surface area contributed by atoms with Gasteiger partial charge in [-0.25, -0.2) is 4.39 Å². The first-order valence-corrected chi connectivity index (χ1v) is 9.20. The zero-order valence-electron chi connectivity index (χ0n) is 14.8. The van der Waals surface area contributed by atoms with Crippen LogP contribution in [0, 0.1) is 11.7 Å². The summed E-state index contributed by atoms with van der Waals surface area (Å²) in [5.74, 6) is 0.469. The number of nitrogens with zero attached hydrogens (tertiary/aromatic N) is 1. The predicted octanol–water partition coefficient (Wildman–Crippen LogP) is 3.37. The molecular formula is C19H30FN3O. The lowest BCUT2D eigenvalue weighted by Crippen LogP contribution is -2.45. The molecule has 3 N–H and O–H groups in total. The molecule has 1 aromatic carbocycles. The largest absolute Gasteiger partial charge is 0.383 e. The van der Waals surface area contributed by atoms with Crippen molar-refractivity contribution >= 4 is 11.4 Å². The molecular weight excluding hydrogens is 305 g/mol. The van der Waals surface area contributed by atoms with Crippen LogP contribution in [0.5, 0.6) is 0 Å². The van der Waals surface area contributed by atoms with Crippen LogP contribution in [0.2, 0.25) is 0 Å². The molecule has 0 spiro atoms. The summed E-state index contributed by atoms with van der Waals surface area (Å²) in [6.07, 6.45) is 4.89. The van der Waals surface area contributed by atoms with Gasteiger partial charge in [-0.2, -0.15) is 0 Å². The fraction of sp³-hybridized carbons (Fsp3) is 0.684. The van der Waals surface area contributed by atoms with Crippen LogP contribution < -0.4 is 16.0 Å². The van der Waals surface area contributed by atoms with Gasteiger partial charge in [0.25, 0.3) is 0 Å². The number of benzene rings is 1. The number of halogens is 1. The minimum atomic E-state index is -0.189. The highest BCUT2D eigenvalue weighted by atomic mass is 19.1. The second kappa shape index (κ2) is 7.70. The second-order valence-corrected chi connectivity index (χ2v) is 7.49. The smallest absolute Gasteiger partial charge is 0.125 e. The van der Waals surface area contributed by atoms with Crippen LogP contribution in [0.4, 0.5) is 15.8 Å². The minimum Gasteiger partial charge on any atom is -0.383 e. The number of nitrogens with two attached hydrogens (primary N) is 1. The summed E-state index contributed by atoms with van der Waals surface area (Å²) in [6.45, 7) is 6.66. The van der Waals surface area contributed by atoms with Gasteiger partial charge >= 0.3 is 0 Å². The molecule has 2 aliphatic rings. The van der Waals surface area contributed by atoms with Crippen molar-refractivity contribution in [3.05, 3.63) is 24.0 Å². The second-order valence-electron chi connectivity index (χ2n) is 7.49. The number of hydrogen-bond acceptors (Lipinski definition) is 4. The van der Waals surface area contributed by atoms with Gasteiger partial charge in [-0.3, -0.25) is 0 Å². The molecule has 0 unspecified atom stereocenters. The Bertz CT molecular complexity index is 535. The Labute approximate surface area is 144 Å². The summed E-state index contributed by atoms with van der Waals surface area (Å²) in [4.78, 5) is 2.24. The fourth-order valence-electron chi connectivity index (χ4n) is 3.94. The molecule has 3 rings (SSSR count). The Morgan fingerprint density at radius 1 is 1.17 bits per heavy atom. The van der Waals surface area contributed by atoms with Gasteiger partial charge < -0.3 is 20.7 Å². The lowest BCUT2D eigenvalue weighted by molar-refractivity contribution is -0.00519. The van der Waals surface area contributed by atoms with Crippen LogP contribution in [0.15, 0.2) is 18.2 Å². The summed E-state index contributed by atoms with van der Waals surface area (Å²) in [5.41, 5.74) is 7.96. The Morgan fingerprint density at radius 2 is 1.83 bits per heavy atom. The van der Waals surface area contributed by atoms with E-state index in [0.29, 0.717) is 12.0 Å². The molecule has 2 atom stereocenters. The Morgan fingerprint density at radius 3 is 2.50 bits per heavy atom. The molecule has 1 aliphatic carbocycles. The van der Waals surface area contributed by atoms with Crippen molar-refractivity contribution in [3.63, 3.8) is 0 Å². The monoisotopic (exact) mass is 335 g/mol. The van der Waals surface area contributed by atoms with E-state index in [2.05, 4.69) is 24.1 Å². The third-order valence-electron chi connectivity index (χ3n) is 5.19. The first-order chi connectivity index (χ1) is 11.5. The van der Waals surface area contributed by atoms with Crippen LogP contribution in [0.25, 0.3) is 0 Å². The predicted molar refractivity (Wildman–Crippen MR) is 97.0 cm³/mol. The maximum atomic E-state index is 13.8. The van der Waals surface area contributed by atoms with Crippen LogP contribution >= 0.6 is 0 Å². The van der Waals surface area contributed by atoms with Crippen LogP contribution in [-0.4, -0.2) is 37.9 Å². The quantitative estimate of drug-likeness (QED) is 0.886. The molecule has 0 aromatic heterocycles. The zero-order valence-corrected chi connectivity index (χ0v) is 14.8. The summed E-state index contributed by atoms with van der Waals surface area (Å²) in [6, 6.07) is 5.42. The Kier molecular flexibility index (Phi) is 5.61. The van der Waals surface area contributed by atoms with Gasteiger partial charge in [0.05, 0.1) is 23.6 Å². The molecule has 1 saturated heterocycles. The van der Waals surface area contributed by atoms with E-state index < -0.39 is 0 Å². The lowest BCUT2D eigenvalue weighted by atomic mass is 9.86. The van der Waals surface area contributed by atoms with Crippen molar-refractivity contribution < 1.29 is 9.13 Å².